The third kappa shape index (κ3) is 5.79. The van der Waals surface area contributed by atoms with E-state index in [4.69, 9.17) is 13.9 Å². The van der Waals surface area contributed by atoms with Gasteiger partial charge in [-0.15, -0.1) is 0 Å². The van der Waals surface area contributed by atoms with Gasteiger partial charge in [-0.3, -0.25) is 9.59 Å². The number of benzene rings is 2. The summed E-state index contributed by atoms with van der Waals surface area (Å²) in [6, 6.07) is 15.9. The Kier molecular flexibility index (Phi) is 7.56. The van der Waals surface area contributed by atoms with Crippen LogP contribution < -0.4 is 5.32 Å². The van der Waals surface area contributed by atoms with Crippen molar-refractivity contribution in [3.63, 3.8) is 0 Å². The minimum atomic E-state index is -0.761. The zero-order valence-electron chi connectivity index (χ0n) is 17.6. The predicted molar refractivity (Wildman–Crippen MR) is 115 cm³/mol. The molecule has 0 aliphatic carbocycles. The molecule has 162 valence electrons. The number of ketones is 1. The van der Waals surface area contributed by atoms with E-state index >= 15 is 0 Å². The van der Waals surface area contributed by atoms with Gasteiger partial charge in [0.25, 0.3) is 5.91 Å². The highest BCUT2D eigenvalue weighted by Gasteiger charge is 2.24. The minimum Gasteiger partial charge on any atom is -0.450 e. The van der Waals surface area contributed by atoms with Crippen LogP contribution >= 0.6 is 0 Å². The number of Topliss-reactive ketones (excluding diaryl/α,β-unsaturated/α-hetero) is 1. The summed E-state index contributed by atoms with van der Waals surface area (Å²) in [6.07, 6.45) is 0.359. The molecule has 0 aliphatic heterocycles. The normalized spacial score (nSPS) is 11.8. The molecular weight excluding hydrogens is 398 g/mol. The first kappa shape index (κ1) is 22.2. The zero-order valence-corrected chi connectivity index (χ0v) is 17.6. The molecule has 7 nitrogen and oxygen atoms in total. The molecule has 0 fully saturated rings. The van der Waals surface area contributed by atoms with Gasteiger partial charge in [-0.2, -0.15) is 0 Å². The number of ether oxygens (including phenoxy) is 2. The highest BCUT2D eigenvalue weighted by molar-refractivity contribution is 5.97. The molecule has 0 unspecified atom stereocenters. The molecule has 1 N–H and O–H groups in total. The lowest BCUT2D eigenvalue weighted by Crippen LogP contribution is -2.43. The molecule has 2 aromatic carbocycles. The third-order valence-corrected chi connectivity index (χ3v) is 4.78. The van der Waals surface area contributed by atoms with Gasteiger partial charge < -0.3 is 19.2 Å². The zero-order chi connectivity index (χ0) is 22.2. The number of rotatable bonds is 10. The van der Waals surface area contributed by atoms with Crippen molar-refractivity contribution in [3.8, 4) is 0 Å². The van der Waals surface area contributed by atoms with Crippen LogP contribution in [-0.4, -0.2) is 36.9 Å². The van der Waals surface area contributed by atoms with Gasteiger partial charge in [0.2, 0.25) is 5.76 Å². The molecule has 1 atom stereocenters. The van der Waals surface area contributed by atoms with E-state index in [1.54, 1.807) is 12.1 Å². The van der Waals surface area contributed by atoms with E-state index in [-0.39, 0.29) is 18.2 Å². The first-order valence-electron chi connectivity index (χ1n) is 10.1. The van der Waals surface area contributed by atoms with E-state index < -0.39 is 24.5 Å². The average molecular weight is 423 g/mol. The lowest BCUT2D eigenvalue weighted by atomic mass is 10.0. The van der Waals surface area contributed by atoms with Gasteiger partial charge >= 0.3 is 5.97 Å². The Labute approximate surface area is 180 Å². The first-order valence-corrected chi connectivity index (χ1v) is 10.1. The van der Waals surface area contributed by atoms with E-state index in [1.807, 2.05) is 49.4 Å². The van der Waals surface area contributed by atoms with Crippen molar-refractivity contribution in [1.29, 1.82) is 0 Å². The molecule has 0 saturated heterocycles. The van der Waals surface area contributed by atoms with Crippen molar-refractivity contribution in [2.75, 3.05) is 13.2 Å². The Hall–Kier alpha value is -3.45. The first-order chi connectivity index (χ1) is 15.0. The Morgan fingerprint density at radius 3 is 2.45 bits per heavy atom. The molecule has 7 heteroatoms. The Bertz CT molecular complexity index is 1060. The largest absolute Gasteiger partial charge is 0.450 e. The number of hydrogen-bond donors (Lipinski definition) is 1. The second-order valence-electron chi connectivity index (χ2n) is 7.04. The van der Waals surface area contributed by atoms with Gasteiger partial charge in [0.05, 0.1) is 12.6 Å². The Balaban J connectivity index is 1.64. The van der Waals surface area contributed by atoms with E-state index in [9.17, 15) is 14.4 Å². The minimum absolute atomic E-state index is 0.00912. The molecule has 0 radical (unpaired) electrons. The summed E-state index contributed by atoms with van der Waals surface area (Å²) in [5, 5.41) is 3.38. The Morgan fingerprint density at radius 1 is 1.03 bits per heavy atom. The molecule has 31 heavy (non-hydrogen) atoms. The van der Waals surface area contributed by atoms with Gasteiger partial charge in [0.15, 0.2) is 12.4 Å². The highest BCUT2D eigenvalue weighted by Crippen LogP contribution is 2.27. The fourth-order valence-corrected chi connectivity index (χ4v) is 3.19. The van der Waals surface area contributed by atoms with E-state index in [2.05, 4.69) is 5.32 Å². The summed E-state index contributed by atoms with van der Waals surface area (Å²) in [5.74, 6) is -1.50. The predicted octanol–water partition coefficient (Wildman–Crippen LogP) is 3.44. The summed E-state index contributed by atoms with van der Waals surface area (Å²) in [7, 11) is 0. The average Bonchev–Trinajstić information content (AvgIpc) is 3.15. The molecule has 1 aromatic heterocycles. The standard InChI is InChI=1S/C24H25NO6/c1-3-29-14-19-18-11-7-8-12-21(18)31-23(19)24(28)30-15-22(27)25-20(16(2)26)13-17-9-5-4-6-10-17/h4-12,20H,3,13-15H2,1-2H3,(H,25,27)/t20-/m1/s1. The number of para-hydroxylation sites is 1. The molecule has 1 amide bonds. The summed E-state index contributed by atoms with van der Waals surface area (Å²) < 4.78 is 16.3. The molecule has 1 heterocycles. The van der Waals surface area contributed by atoms with Gasteiger partial charge in [-0.05, 0) is 31.9 Å². The van der Waals surface area contributed by atoms with Gasteiger partial charge in [-0.1, -0.05) is 48.5 Å². The fourth-order valence-electron chi connectivity index (χ4n) is 3.19. The Morgan fingerprint density at radius 2 is 1.74 bits per heavy atom. The monoisotopic (exact) mass is 423 g/mol. The number of esters is 1. The maximum atomic E-state index is 12.6. The molecule has 3 rings (SSSR count). The van der Waals surface area contributed by atoms with Gasteiger partial charge in [0, 0.05) is 17.6 Å². The number of hydrogen-bond acceptors (Lipinski definition) is 6. The van der Waals surface area contributed by atoms with Crippen molar-refractivity contribution in [1.82, 2.24) is 5.32 Å². The number of fused-ring (bicyclic) bond motifs is 1. The van der Waals surface area contributed by atoms with Crippen molar-refractivity contribution < 1.29 is 28.3 Å². The lowest BCUT2D eigenvalue weighted by Gasteiger charge is -2.16. The van der Waals surface area contributed by atoms with Crippen LogP contribution in [0.2, 0.25) is 0 Å². The number of nitrogens with one attached hydrogen (secondary N) is 1. The van der Waals surface area contributed by atoms with Crippen LogP contribution in [0.1, 0.15) is 35.5 Å². The van der Waals surface area contributed by atoms with Gasteiger partial charge in [0.1, 0.15) is 5.58 Å². The number of carbonyl (C=O) groups is 3. The van der Waals surface area contributed by atoms with Crippen molar-refractivity contribution in [2.24, 2.45) is 0 Å². The molecule has 0 bridgehead atoms. The molecule has 0 saturated carbocycles. The molecular formula is C24H25NO6. The number of carbonyl (C=O) groups excluding carboxylic acids is 3. The highest BCUT2D eigenvalue weighted by atomic mass is 16.5. The summed E-state index contributed by atoms with van der Waals surface area (Å²) in [5.41, 5.74) is 2.03. The smallest absolute Gasteiger partial charge is 0.375 e. The van der Waals surface area contributed by atoms with Crippen LogP contribution in [0.4, 0.5) is 0 Å². The lowest BCUT2D eigenvalue weighted by molar-refractivity contribution is -0.128. The molecule has 0 aliphatic rings. The maximum absolute atomic E-state index is 12.6. The second-order valence-corrected chi connectivity index (χ2v) is 7.04. The van der Waals surface area contributed by atoms with Crippen LogP contribution in [0.15, 0.2) is 59.0 Å². The maximum Gasteiger partial charge on any atom is 0.375 e. The SMILES string of the molecule is CCOCc1c(C(=O)OCC(=O)N[C@H](Cc2ccccc2)C(C)=O)oc2ccccc12. The van der Waals surface area contributed by atoms with Crippen LogP contribution in [0.3, 0.4) is 0 Å². The quantitative estimate of drug-likeness (QED) is 0.502. The number of amides is 1. The van der Waals surface area contributed by atoms with Crippen LogP contribution in [0, 0.1) is 0 Å². The van der Waals surface area contributed by atoms with Crippen molar-refractivity contribution in [3.05, 3.63) is 71.5 Å². The topological polar surface area (TPSA) is 94.8 Å². The molecule has 3 aromatic rings. The summed E-state index contributed by atoms with van der Waals surface area (Å²) in [6.45, 7) is 3.40. The third-order valence-electron chi connectivity index (χ3n) is 4.78. The summed E-state index contributed by atoms with van der Waals surface area (Å²) in [4.78, 5) is 36.8. The van der Waals surface area contributed by atoms with E-state index in [0.717, 1.165) is 10.9 Å². The summed E-state index contributed by atoms with van der Waals surface area (Å²) >= 11 is 0. The molecule has 0 spiro atoms. The van der Waals surface area contributed by atoms with E-state index in [0.29, 0.717) is 24.2 Å². The number of furan rings is 1. The second kappa shape index (κ2) is 10.5. The van der Waals surface area contributed by atoms with Gasteiger partial charge in [-0.25, -0.2) is 4.79 Å². The van der Waals surface area contributed by atoms with Crippen LogP contribution in [-0.2, 0) is 32.1 Å². The van der Waals surface area contributed by atoms with Crippen LogP contribution in [0.25, 0.3) is 11.0 Å². The van der Waals surface area contributed by atoms with Crippen LogP contribution in [0.5, 0.6) is 0 Å². The fraction of sp³-hybridized carbons (Fsp3) is 0.292. The van der Waals surface area contributed by atoms with Crippen molar-refractivity contribution >= 4 is 28.6 Å². The van der Waals surface area contributed by atoms with E-state index in [1.165, 1.54) is 6.92 Å². The van der Waals surface area contributed by atoms with Crippen molar-refractivity contribution in [2.45, 2.75) is 32.9 Å².